The molecular formula is C15H16FN3OS. The molecule has 0 aliphatic heterocycles. The summed E-state index contributed by atoms with van der Waals surface area (Å²) in [6.07, 6.45) is 0.226. The molecule has 110 valence electrons. The number of amides is 1. The van der Waals surface area contributed by atoms with E-state index in [0.717, 1.165) is 16.0 Å². The van der Waals surface area contributed by atoms with Gasteiger partial charge in [0.25, 0.3) is 0 Å². The van der Waals surface area contributed by atoms with Gasteiger partial charge in [-0.3, -0.25) is 10.2 Å². The number of hydrazine groups is 1. The van der Waals surface area contributed by atoms with Crippen molar-refractivity contribution in [3.05, 3.63) is 59.4 Å². The predicted octanol–water partition coefficient (Wildman–Crippen LogP) is 2.23. The molecule has 5 N–H and O–H groups in total. The van der Waals surface area contributed by atoms with Crippen LogP contribution in [0.25, 0.3) is 0 Å². The second-order valence-corrected chi connectivity index (χ2v) is 5.53. The number of anilines is 1. The van der Waals surface area contributed by atoms with Gasteiger partial charge in [-0.1, -0.05) is 24.3 Å². The number of benzene rings is 2. The first-order valence-electron chi connectivity index (χ1n) is 6.34. The number of halogens is 1. The highest BCUT2D eigenvalue weighted by Gasteiger charge is 2.08. The lowest BCUT2D eigenvalue weighted by molar-refractivity contribution is -0.120. The van der Waals surface area contributed by atoms with Crippen LogP contribution >= 0.6 is 11.8 Å². The largest absolute Gasteiger partial charge is 0.396 e. The van der Waals surface area contributed by atoms with Crippen LogP contribution in [0.15, 0.2) is 47.4 Å². The van der Waals surface area contributed by atoms with Gasteiger partial charge < -0.3 is 5.73 Å². The zero-order valence-corrected chi connectivity index (χ0v) is 12.1. The Labute approximate surface area is 126 Å². The maximum absolute atomic E-state index is 13.4. The van der Waals surface area contributed by atoms with Crippen molar-refractivity contribution in [3.8, 4) is 0 Å². The molecule has 2 aromatic carbocycles. The number of nitrogen functional groups attached to an aromatic ring is 1. The van der Waals surface area contributed by atoms with Gasteiger partial charge in [-0.2, -0.15) is 0 Å². The molecule has 0 atom stereocenters. The summed E-state index contributed by atoms with van der Waals surface area (Å²) in [5.74, 6) is 5.08. The lowest BCUT2D eigenvalue weighted by Crippen LogP contribution is -2.31. The number of nitrogens with one attached hydrogen (secondary N) is 1. The van der Waals surface area contributed by atoms with Gasteiger partial charge >= 0.3 is 0 Å². The van der Waals surface area contributed by atoms with Gasteiger partial charge in [-0.25, -0.2) is 10.2 Å². The van der Waals surface area contributed by atoms with Gasteiger partial charge in [0.2, 0.25) is 5.91 Å². The Balaban J connectivity index is 2.09. The summed E-state index contributed by atoms with van der Waals surface area (Å²) in [6, 6.07) is 12.3. The van der Waals surface area contributed by atoms with Gasteiger partial charge in [-0.05, 0) is 29.3 Å². The van der Waals surface area contributed by atoms with Crippen LogP contribution in [-0.4, -0.2) is 5.91 Å². The summed E-state index contributed by atoms with van der Waals surface area (Å²) in [6.45, 7) is 0. The Morgan fingerprint density at radius 3 is 2.57 bits per heavy atom. The van der Waals surface area contributed by atoms with E-state index < -0.39 is 5.82 Å². The zero-order chi connectivity index (χ0) is 15.2. The fourth-order valence-corrected chi connectivity index (χ4v) is 2.81. The van der Waals surface area contributed by atoms with Crippen LogP contribution in [0.4, 0.5) is 10.1 Å². The molecule has 0 heterocycles. The quantitative estimate of drug-likeness (QED) is 0.260. The smallest absolute Gasteiger partial charge is 0.238 e. The van der Waals surface area contributed by atoms with E-state index in [4.69, 9.17) is 11.6 Å². The lowest BCUT2D eigenvalue weighted by atomic mass is 10.1. The van der Waals surface area contributed by atoms with Crippen molar-refractivity contribution in [2.24, 2.45) is 5.84 Å². The number of carbonyl (C=O) groups is 1. The minimum absolute atomic E-state index is 0.138. The predicted molar refractivity (Wildman–Crippen MR) is 82.8 cm³/mol. The standard InChI is InChI=1S/C15H16FN3OS/c16-13-8-12(5-6-14(13)17)21-9-11-4-2-1-3-10(11)7-15(20)19-18/h1-6,8H,7,9,17-18H2,(H,19,20). The van der Waals surface area contributed by atoms with E-state index in [1.54, 1.807) is 12.1 Å². The highest BCUT2D eigenvalue weighted by molar-refractivity contribution is 7.98. The van der Waals surface area contributed by atoms with E-state index in [0.29, 0.717) is 5.75 Å². The normalized spacial score (nSPS) is 10.4. The summed E-state index contributed by atoms with van der Waals surface area (Å²) < 4.78 is 13.4. The molecule has 4 nitrogen and oxygen atoms in total. The minimum Gasteiger partial charge on any atom is -0.396 e. The first kappa shape index (κ1) is 15.3. The van der Waals surface area contributed by atoms with Gasteiger partial charge in [-0.15, -0.1) is 11.8 Å². The Hall–Kier alpha value is -2.05. The fourth-order valence-electron chi connectivity index (χ4n) is 1.85. The van der Waals surface area contributed by atoms with Crippen LogP contribution in [-0.2, 0) is 17.0 Å². The number of hydrogen-bond acceptors (Lipinski definition) is 4. The van der Waals surface area contributed by atoms with E-state index in [1.165, 1.54) is 17.8 Å². The van der Waals surface area contributed by atoms with Crippen LogP contribution in [0.3, 0.4) is 0 Å². The van der Waals surface area contributed by atoms with Crippen molar-refractivity contribution in [2.75, 3.05) is 5.73 Å². The molecule has 0 fully saturated rings. The van der Waals surface area contributed by atoms with Gasteiger partial charge in [0, 0.05) is 10.6 Å². The maximum Gasteiger partial charge on any atom is 0.238 e. The van der Waals surface area contributed by atoms with Gasteiger partial charge in [0.15, 0.2) is 0 Å². The van der Waals surface area contributed by atoms with Crippen molar-refractivity contribution in [1.82, 2.24) is 5.43 Å². The maximum atomic E-state index is 13.4. The molecule has 2 aromatic rings. The van der Waals surface area contributed by atoms with E-state index >= 15 is 0 Å². The number of carbonyl (C=O) groups excluding carboxylic acids is 1. The molecule has 2 rings (SSSR count). The molecular weight excluding hydrogens is 289 g/mol. The molecule has 1 amide bonds. The van der Waals surface area contributed by atoms with Crippen molar-refractivity contribution in [3.63, 3.8) is 0 Å². The van der Waals surface area contributed by atoms with Crippen LogP contribution < -0.4 is 17.0 Å². The van der Waals surface area contributed by atoms with Crippen LogP contribution in [0.1, 0.15) is 11.1 Å². The topological polar surface area (TPSA) is 81.1 Å². The van der Waals surface area contributed by atoms with Crippen molar-refractivity contribution >= 4 is 23.4 Å². The Morgan fingerprint density at radius 1 is 1.19 bits per heavy atom. The number of hydrogen-bond donors (Lipinski definition) is 3. The minimum atomic E-state index is -0.421. The Bertz CT molecular complexity index is 649. The summed E-state index contributed by atoms with van der Waals surface area (Å²) in [4.78, 5) is 12.2. The molecule has 0 spiro atoms. The monoisotopic (exact) mass is 305 g/mol. The highest BCUT2D eigenvalue weighted by Crippen LogP contribution is 2.26. The number of rotatable bonds is 5. The third kappa shape index (κ3) is 4.21. The Morgan fingerprint density at radius 2 is 1.90 bits per heavy atom. The second kappa shape index (κ2) is 7.10. The van der Waals surface area contributed by atoms with Crippen LogP contribution in [0.2, 0.25) is 0 Å². The third-order valence-corrected chi connectivity index (χ3v) is 4.04. The molecule has 0 aliphatic carbocycles. The van der Waals surface area contributed by atoms with Crippen LogP contribution in [0.5, 0.6) is 0 Å². The number of nitrogens with two attached hydrogens (primary N) is 2. The summed E-state index contributed by atoms with van der Waals surface area (Å²) in [5.41, 5.74) is 9.63. The second-order valence-electron chi connectivity index (χ2n) is 4.48. The van der Waals surface area contributed by atoms with Crippen molar-refractivity contribution < 1.29 is 9.18 Å². The van der Waals surface area contributed by atoms with Crippen molar-refractivity contribution in [2.45, 2.75) is 17.1 Å². The molecule has 0 saturated heterocycles. The van der Waals surface area contributed by atoms with Crippen LogP contribution in [0, 0.1) is 5.82 Å². The summed E-state index contributed by atoms with van der Waals surface area (Å²) in [7, 11) is 0. The first-order valence-corrected chi connectivity index (χ1v) is 7.32. The average molecular weight is 305 g/mol. The van der Waals surface area contributed by atoms with Crippen molar-refractivity contribution in [1.29, 1.82) is 0 Å². The molecule has 6 heteroatoms. The number of thioether (sulfide) groups is 1. The highest BCUT2D eigenvalue weighted by atomic mass is 32.2. The molecule has 0 aliphatic rings. The van der Waals surface area contributed by atoms with Gasteiger partial charge in [0.05, 0.1) is 12.1 Å². The van der Waals surface area contributed by atoms with E-state index in [1.807, 2.05) is 24.3 Å². The van der Waals surface area contributed by atoms with E-state index in [2.05, 4.69) is 5.43 Å². The summed E-state index contributed by atoms with van der Waals surface area (Å²) >= 11 is 1.49. The van der Waals surface area contributed by atoms with E-state index in [9.17, 15) is 9.18 Å². The first-order chi connectivity index (χ1) is 10.1. The molecule has 21 heavy (non-hydrogen) atoms. The molecule has 0 unspecified atom stereocenters. The summed E-state index contributed by atoms with van der Waals surface area (Å²) in [5, 5.41) is 0. The fraction of sp³-hybridized carbons (Fsp3) is 0.133. The molecule has 0 bridgehead atoms. The zero-order valence-electron chi connectivity index (χ0n) is 11.3. The molecule has 0 saturated carbocycles. The molecule has 0 radical (unpaired) electrons. The Kier molecular flexibility index (Phi) is 5.19. The third-order valence-electron chi connectivity index (χ3n) is 3.00. The SMILES string of the molecule is NNC(=O)Cc1ccccc1CSc1ccc(N)c(F)c1. The molecule has 0 aromatic heterocycles. The van der Waals surface area contributed by atoms with E-state index in [-0.39, 0.29) is 18.0 Å². The lowest BCUT2D eigenvalue weighted by Gasteiger charge is -2.09. The van der Waals surface area contributed by atoms with Gasteiger partial charge in [0.1, 0.15) is 5.82 Å². The average Bonchev–Trinajstić information content (AvgIpc) is 2.49.